The van der Waals surface area contributed by atoms with E-state index >= 15 is 0 Å². The van der Waals surface area contributed by atoms with E-state index in [4.69, 9.17) is 9.40 Å². The first-order chi connectivity index (χ1) is 18.6. The zero-order chi connectivity index (χ0) is 27.6. The smallest absolute Gasteiger partial charge is 0.120 e. The molecule has 0 amide bonds. The molecule has 3 aromatic heterocycles. The van der Waals surface area contributed by atoms with E-state index in [1.54, 1.807) is 6.20 Å². The van der Waals surface area contributed by atoms with Crippen LogP contribution in [0, 0.1) is 12.1 Å². The fourth-order valence-electron chi connectivity index (χ4n) is 4.61. The van der Waals surface area contributed by atoms with Crippen molar-refractivity contribution in [2.75, 3.05) is 0 Å². The van der Waals surface area contributed by atoms with Crippen LogP contribution < -0.4 is 5.19 Å². The van der Waals surface area contributed by atoms with Crippen LogP contribution in [0.5, 0.6) is 0 Å². The minimum Gasteiger partial charge on any atom is -0.501 e. The predicted octanol–water partition coefficient (Wildman–Crippen LogP) is 8.84. The Bertz CT molecular complexity index is 1660. The van der Waals surface area contributed by atoms with Crippen LogP contribution in [0.25, 0.3) is 44.5 Å². The topological polar surface area (TPSA) is 38.9 Å². The molecule has 3 nitrogen and oxygen atoms in total. The van der Waals surface area contributed by atoms with Crippen LogP contribution in [0.3, 0.4) is 0 Å². The molecule has 5 heteroatoms. The average Bonchev–Trinajstić information content (AvgIpc) is 3.33. The van der Waals surface area contributed by atoms with Gasteiger partial charge in [-0.1, -0.05) is 93.8 Å². The molecule has 0 aliphatic heterocycles. The molecule has 0 aliphatic carbocycles. The number of pyridine rings is 2. The van der Waals surface area contributed by atoms with E-state index < -0.39 is 8.07 Å². The van der Waals surface area contributed by atoms with Gasteiger partial charge in [0.2, 0.25) is 0 Å². The molecule has 0 atom stereocenters. The van der Waals surface area contributed by atoms with Gasteiger partial charge in [-0.3, -0.25) is 0 Å². The van der Waals surface area contributed by atoms with E-state index in [9.17, 15) is 0 Å². The summed E-state index contributed by atoms with van der Waals surface area (Å²) in [6, 6.07) is 35.1. The van der Waals surface area contributed by atoms with Crippen molar-refractivity contribution in [1.29, 1.82) is 0 Å². The predicted molar refractivity (Wildman–Crippen MR) is 166 cm³/mol. The Balaban J connectivity index is 0.000000238. The fourth-order valence-corrected chi connectivity index (χ4v) is 6.12. The molecule has 0 aliphatic rings. The summed E-state index contributed by atoms with van der Waals surface area (Å²) in [6.45, 7) is 13.7. The maximum atomic E-state index is 6.32. The number of aromatic nitrogens is 2. The Kier molecular flexibility index (Phi) is 8.89. The molecule has 6 aromatic rings. The molecule has 6 rings (SSSR count). The van der Waals surface area contributed by atoms with Crippen LogP contribution in [-0.4, -0.2) is 18.0 Å². The molecule has 3 heterocycles. The molecule has 205 valence electrons. The van der Waals surface area contributed by atoms with Crippen molar-refractivity contribution in [1.82, 2.24) is 9.97 Å². The summed E-state index contributed by atoms with van der Waals surface area (Å²) in [5, 5.41) is 3.81. The van der Waals surface area contributed by atoms with Gasteiger partial charge in [-0.25, -0.2) is 0 Å². The summed E-state index contributed by atoms with van der Waals surface area (Å²) in [5.41, 5.74) is 7.03. The quantitative estimate of drug-likeness (QED) is 0.136. The number of benzene rings is 3. The van der Waals surface area contributed by atoms with Crippen LogP contribution in [0.15, 0.2) is 102 Å². The van der Waals surface area contributed by atoms with Crippen molar-refractivity contribution >= 4 is 35.2 Å². The van der Waals surface area contributed by atoms with E-state index in [0.29, 0.717) is 0 Å². The monoisotopic (exact) mass is 719 g/mol. The summed E-state index contributed by atoms with van der Waals surface area (Å²) in [5.74, 6) is 0. The molecule has 0 unspecified atom stereocenters. The molecule has 40 heavy (non-hydrogen) atoms. The van der Waals surface area contributed by atoms with Gasteiger partial charge < -0.3 is 14.4 Å². The van der Waals surface area contributed by atoms with E-state index in [1.807, 2.05) is 60.8 Å². The van der Waals surface area contributed by atoms with Gasteiger partial charge >= 0.3 is 0 Å². The summed E-state index contributed by atoms with van der Waals surface area (Å²) >= 11 is 0. The SMILES string of the molecule is CC(C)(C)c1ccc(-c2[c-]cc([Si](C)(C)C)c3c2oc2ccccc23)nc1.[Ir].[c-]1ccccc1-c1ccccn1. The van der Waals surface area contributed by atoms with Crippen LogP contribution in [0.2, 0.25) is 19.6 Å². The number of nitrogens with zero attached hydrogens (tertiary/aromatic N) is 2. The van der Waals surface area contributed by atoms with Crippen molar-refractivity contribution in [2.24, 2.45) is 0 Å². The normalized spacial score (nSPS) is 11.6. The largest absolute Gasteiger partial charge is 0.501 e. The zero-order valence-electron chi connectivity index (χ0n) is 23.9. The minimum atomic E-state index is -1.55. The van der Waals surface area contributed by atoms with Gasteiger partial charge in [0.1, 0.15) is 5.58 Å². The van der Waals surface area contributed by atoms with Gasteiger partial charge in [0.25, 0.3) is 0 Å². The second-order valence-electron chi connectivity index (χ2n) is 11.8. The third kappa shape index (κ3) is 6.33. The number of hydrogen-bond acceptors (Lipinski definition) is 3. The van der Waals surface area contributed by atoms with Gasteiger partial charge in [0.05, 0.1) is 5.58 Å². The van der Waals surface area contributed by atoms with E-state index in [1.165, 1.54) is 21.5 Å². The van der Waals surface area contributed by atoms with Gasteiger partial charge in [-0.05, 0) is 34.5 Å². The number of fused-ring (bicyclic) bond motifs is 3. The summed E-state index contributed by atoms with van der Waals surface area (Å²) in [4.78, 5) is 8.97. The fraction of sp³-hybridized carbons (Fsp3) is 0.200. The van der Waals surface area contributed by atoms with Gasteiger partial charge in [-0.15, -0.1) is 53.2 Å². The van der Waals surface area contributed by atoms with Crippen LogP contribution in [0.1, 0.15) is 26.3 Å². The molecule has 3 aromatic carbocycles. The van der Waals surface area contributed by atoms with Crippen LogP contribution >= 0.6 is 0 Å². The van der Waals surface area contributed by atoms with Gasteiger partial charge in [0.15, 0.2) is 0 Å². The first-order valence-electron chi connectivity index (χ1n) is 13.3. The van der Waals surface area contributed by atoms with Crippen LogP contribution in [-0.2, 0) is 25.5 Å². The molecular weight excluding hydrogens is 685 g/mol. The Labute approximate surface area is 252 Å². The molecular formula is C35H34IrN2OSi-2. The molecule has 0 bridgehead atoms. The molecule has 0 saturated heterocycles. The molecule has 1 radical (unpaired) electrons. The van der Waals surface area contributed by atoms with E-state index in [0.717, 1.165) is 33.7 Å². The van der Waals surface area contributed by atoms with Crippen molar-refractivity contribution in [2.45, 2.75) is 45.8 Å². The Morgan fingerprint density at radius 2 is 1.52 bits per heavy atom. The molecule has 0 spiro atoms. The maximum absolute atomic E-state index is 6.32. The van der Waals surface area contributed by atoms with E-state index in [2.05, 4.69) is 87.9 Å². The zero-order valence-corrected chi connectivity index (χ0v) is 27.3. The number of hydrogen-bond donors (Lipinski definition) is 0. The summed E-state index contributed by atoms with van der Waals surface area (Å²) in [7, 11) is -1.55. The number of rotatable bonds is 3. The van der Waals surface area contributed by atoms with Crippen molar-refractivity contribution in [3.63, 3.8) is 0 Å². The Morgan fingerprint density at radius 3 is 2.15 bits per heavy atom. The van der Waals surface area contributed by atoms with Crippen molar-refractivity contribution in [3.05, 3.63) is 115 Å². The van der Waals surface area contributed by atoms with Crippen molar-refractivity contribution in [3.8, 4) is 22.5 Å². The Hall–Kier alpha value is -3.37. The third-order valence-electron chi connectivity index (χ3n) is 6.80. The molecule has 0 N–H and O–H groups in total. The second kappa shape index (κ2) is 12.0. The minimum absolute atomic E-state index is 0. The first kappa shape index (κ1) is 29.6. The van der Waals surface area contributed by atoms with E-state index in [-0.39, 0.29) is 25.5 Å². The first-order valence-corrected chi connectivity index (χ1v) is 16.8. The van der Waals surface area contributed by atoms with Crippen molar-refractivity contribution < 1.29 is 24.5 Å². The molecule has 0 saturated carbocycles. The van der Waals surface area contributed by atoms with Crippen LogP contribution in [0.4, 0.5) is 0 Å². The maximum Gasteiger partial charge on any atom is 0.120 e. The average molecular weight is 719 g/mol. The second-order valence-corrected chi connectivity index (χ2v) is 16.8. The molecule has 0 fully saturated rings. The number of furan rings is 1. The van der Waals surface area contributed by atoms with Gasteiger partial charge in [0, 0.05) is 46.0 Å². The standard InChI is InChI=1S/C24H26NOSi.C11H8N.Ir/c1-24(2,3)16-11-13-19(25-15-16)17-12-14-21(27(4,5)6)22-18-9-7-8-10-20(18)26-23(17)22;1-2-6-10(7-3-1)11-8-4-5-9-12-11;/h7-11,13-15H,1-6H3;1-6,8-9H;/q2*-1;. The third-order valence-corrected chi connectivity index (χ3v) is 8.81. The summed E-state index contributed by atoms with van der Waals surface area (Å²) in [6.07, 6.45) is 3.76. The number of para-hydroxylation sites is 1. The van der Waals surface area contributed by atoms with Gasteiger partial charge in [-0.2, -0.15) is 0 Å². The summed E-state index contributed by atoms with van der Waals surface area (Å²) < 4.78 is 6.32. The Morgan fingerprint density at radius 1 is 0.775 bits per heavy atom.